The van der Waals surface area contributed by atoms with Crippen molar-refractivity contribution in [2.24, 2.45) is 5.92 Å². The van der Waals surface area contributed by atoms with Crippen LogP contribution in [0.5, 0.6) is 28.7 Å². The highest BCUT2D eigenvalue weighted by Gasteiger charge is 2.19. The van der Waals surface area contributed by atoms with Gasteiger partial charge in [-0.1, -0.05) is 144 Å². The fraction of sp³-hybridized carbons (Fsp3) is 0.700. The van der Waals surface area contributed by atoms with Crippen molar-refractivity contribution in [1.29, 1.82) is 0 Å². The SMILES string of the molecule is CCCCCCCCC(=O)[C@H](CC(C)=O)NC.CCCCCOc1cc(OCCCCC)c(CCCCC)c(C(C)=O)c1.CCCCCOc1cc(OCCCCC)cc(C(C)=O)c1.CNCCCC(CCCNC)C(C)=O.CNCCCOc1ccc(CNC)cc1C(C)=O. The molecule has 0 heterocycles. The summed E-state index contributed by atoms with van der Waals surface area (Å²) in [6, 6.07) is 14.9. The molecule has 550 valence electrons. The smallest absolute Gasteiger partial charge is 0.163 e. The summed E-state index contributed by atoms with van der Waals surface area (Å²) in [5, 5.41) is 15.3. The van der Waals surface area contributed by atoms with Crippen molar-refractivity contribution in [2.75, 3.05) is 87.9 Å². The van der Waals surface area contributed by atoms with Gasteiger partial charge in [0, 0.05) is 54.1 Å². The van der Waals surface area contributed by atoms with E-state index in [1.807, 2.05) is 64.6 Å². The van der Waals surface area contributed by atoms with E-state index in [0.717, 1.165) is 175 Å². The Hall–Kier alpha value is -5.52. The van der Waals surface area contributed by atoms with Crippen molar-refractivity contribution in [3.8, 4) is 28.7 Å². The molecule has 0 unspecified atom stereocenters. The lowest BCUT2D eigenvalue weighted by molar-refractivity contribution is -0.125. The highest BCUT2D eigenvalue weighted by Crippen LogP contribution is 2.32. The summed E-state index contributed by atoms with van der Waals surface area (Å²) in [7, 11) is 9.43. The van der Waals surface area contributed by atoms with Gasteiger partial charge >= 0.3 is 0 Å². The first kappa shape index (κ1) is 92.5. The number of carbonyl (C=O) groups excluding carboxylic acids is 6. The minimum absolute atomic E-state index is 0.0346. The fourth-order valence-electron chi connectivity index (χ4n) is 10.3. The molecule has 0 spiro atoms. The second kappa shape index (κ2) is 64.2. The maximum atomic E-state index is 12.2. The van der Waals surface area contributed by atoms with Gasteiger partial charge in [0.25, 0.3) is 0 Å². The van der Waals surface area contributed by atoms with E-state index >= 15 is 0 Å². The van der Waals surface area contributed by atoms with Crippen molar-refractivity contribution in [3.05, 3.63) is 76.3 Å². The Morgan fingerprint density at radius 1 is 0.406 bits per heavy atom. The third-order valence-corrected chi connectivity index (χ3v) is 16.1. The molecule has 1 atom stereocenters. The summed E-state index contributed by atoms with van der Waals surface area (Å²) in [5.74, 6) is 4.77. The number of carbonyl (C=O) groups is 6. The predicted molar refractivity (Wildman–Crippen MR) is 401 cm³/mol. The zero-order chi connectivity index (χ0) is 72.0. The molecule has 0 aliphatic carbocycles. The molecule has 0 amide bonds. The maximum Gasteiger partial charge on any atom is 0.163 e. The summed E-state index contributed by atoms with van der Waals surface area (Å²) in [5.41, 5.74) is 4.22. The molecule has 0 aliphatic rings. The molecule has 3 aromatic rings. The van der Waals surface area contributed by atoms with Crippen molar-refractivity contribution >= 4 is 34.7 Å². The molecule has 0 radical (unpaired) electrons. The molecule has 16 heteroatoms. The van der Waals surface area contributed by atoms with Crippen molar-refractivity contribution < 1.29 is 52.5 Å². The Balaban J connectivity index is 0. The molecular weight excluding hydrogens is 1210 g/mol. The van der Waals surface area contributed by atoms with Gasteiger partial charge in [0.2, 0.25) is 0 Å². The molecule has 3 aromatic carbocycles. The maximum absolute atomic E-state index is 12.2. The van der Waals surface area contributed by atoms with Crippen LogP contribution in [0, 0.1) is 5.92 Å². The van der Waals surface area contributed by atoms with Gasteiger partial charge < -0.3 is 50.3 Å². The summed E-state index contributed by atoms with van der Waals surface area (Å²) < 4.78 is 29.1. The van der Waals surface area contributed by atoms with Crippen LogP contribution in [-0.4, -0.2) is 129 Å². The molecule has 5 N–H and O–H groups in total. The molecule has 0 saturated carbocycles. The molecule has 96 heavy (non-hydrogen) atoms. The minimum atomic E-state index is -0.275. The topological polar surface area (TPSA) is 209 Å². The lowest BCUT2D eigenvalue weighted by Crippen LogP contribution is -2.35. The Morgan fingerprint density at radius 2 is 0.844 bits per heavy atom. The standard InChI is InChI=1S/C23H38O3.C18H28O3.C14H22N2O2.C14H27NO2.C11H24N2O/c1-5-8-11-14-21-22(19(4)24)17-20(25-15-12-9-6-2)18-23(21)26-16-13-10-7-3;1-4-6-8-10-20-17-12-16(15(3)19)13-18(14-17)21-11-9-7-5-2;1-11(17)13-9-12(10-16-3)5-6-14(13)18-8-4-7-15-2;1-4-5-6-7-8-9-10-14(17)13(15-3)11-12(2)16;1-10(14)11(6-4-8-12-2)7-5-9-13-3/h17-18H,5-16H2,1-4H3;12-14H,4-11H2,1-3H3;5-6,9,15-16H,4,7-8,10H2,1-3H3;13,15H,4-11H2,1-3H3;11-13H,4-9H2,1-3H3/t;;;13-;/m...0./s1. The van der Waals surface area contributed by atoms with Gasteiger partial charge in [-0.05, 0) is 202 Å². The Labute approximate surface area is 584 Å². The van der Waals surface area contributed by atoms with Gasteiger partial charge in [0.05, 0.1) is 44.6 Å². The molecule has 0 saturated heterocycles. The zero-order valence-electron chi connectivity index (χ0n) is 63.6. The minimum Gasteiger partial charge on any atom is -0.493 e. The van der Waals surface area contributed by atoms with E-state index in [-0.39, 0.29) is 40.9 Å². The number of ether oxygens (including phenoxy) is 5. The van der Waals surface area contributed by atoms with Crippen LogP contribution in [-0.2, 0) is 27.3 Å². The lowest BCUT2D eigenvalue weighted by atomic mass is 9.94. The van der Waals surface area contributed by atoms with Gasteiger partial charge in [0.1, 0.15) is 46.1 Å². The van der Waals surface area contributed by atoms with Crippen LogP contribution in [0.2, 0.25) is 0 Å². The number of benzene rings is 3. The third kappa shape index (κ3) is 49.1. The van der Waals surface area contributed by atoms with Crippen LogP contribution in [0.3, 0.4) is 0 Å². The Bertz CT molecular complexity index is 2430. The van der Waals surface area contributed by atoms with Crippen LogP contribution >= 0.6 is 0 Å². The van der Waals surface area contributed by atoms with E-state index in [4.69, 9.17) is 23.7 Å². The van der Waals surface area contributed by atoms with Crippen LogP contribution in [0.4, 0.5) is 0 Å². The number of rotatable bonds is 54. The van der Waals surface area contributed by atoms with E-state index < -0.39 is 0 Å². The largest absolute Gasteiger partial charge is 0.493 e. The average Bonchev–Trinajstić information content (AvgIpc) is 0.837. The zero-order valence-corrected chi connectivity index (χ0v) is 63.6. The van der Waals surface area contributed by atoms with Crippen molar-refractivity contribution in [2.45, 2.75) is 275 Å². The quantitative estimate of drug-likeness (QED) is 0.0263. The molecule has 0 aliphatic heterocycles. The fourth-order valence-corrected chi connectivity index (χ4v) is 10.3. The monoisotopic (exact) mass is 1350 g/mol. The number of ketones is 6. The number of nitrogens with one attached hydrogen (secondary N) is 5. The van der Waals surface area contributed by atoms with E-state index in [1.165, 1.54) is 71.1 Å². The molecule has 0 fully saturated rings. The molecule has 3 rings (SSSR count). The Morgan fingerprint density at radius 3 is 1.29 bits per heavy atom. The molecule has 16 nitrogen and oxygen atoms in total. The normalized spacial score (nSPS) is 10.9. The van der Waals surface area contributed by atoms with Gasteiger partial charge in [-0.2, -0.15) is 0 Å². The number of likely N-dealkylation sites (N-methyl/N-ethyl adjacent to an activating group) is 1. The number of unbranched alkanes of at least 4 members (excludes halogenated alkanes) is 15. The summed E-state index contributed by atoms with van der Waals surface area (Å²) in [4.78, 5) is 69.5. The summed E-state index contributed by atoms with van der Waals surface area (Å²) in [6.07, 6.45) is 31.0. The van der Waals surface area contributed by atoms with Crippen LogP contribution in [0.15, 0.2) is 48.5 Å². The second-order valence-electron chi connectivity index (χ2n) is 25.2. The number of hydrogen-bond donors (Lipinski definition) is 5. The van der Waals surface area contributed by atoms with Gasteiger partial charge in [-0.15, -0.1) is 0 Å². The van der Waals surface area contributed by atoms with Gasteiger partial charge in [-0.25, -0.2) is 0 Å². The van der Waals surface area contributed by atoms with E-state index in [1.54, 1.807) is 46.9 Å². The second-order valence-corrected chi connectivity index (χ2v) is 25.2. The van der Waals surface area contributed by atoms with Crippen LogP contribution < -0.4 is 50.3 Å². The highest BCUT2D eigenvalue weighted by molar-refractivity contribution is 5.97. The molecular formula is C80H139N5O11. The first-order valence-corrected chi connectivity index (χ1v) is 37.2. The number of hydrogen-bond acceptors (Lipinski definition) is 16. The van der Waals surface area contributed by atoms with Gasteiger partial charge in [0.15, 0.2) is 17.3 Å². The van der Waals surface area contributed by atoms with Crippen LogP contribution in [0.25, 0.3) is 0 Å². The molecule has 0 aromatic heterocycles. The van der Waals surface area contributed by atoms with Gasteiger partial charge in [-0.3, -0.25) is 28.8 Å². The highest BCUT2D eigenvalue weighted by atomic mass is 16.5. The summed E-state index contributed by atoms with van der Waals surface area (Å²) in [6.45, 7) is 28.2. The summed E-state index contributed by atoms with van der Waals surface area (Å²) >= 11 is 0. The predicted octanol–water partition coefficient (Wildman–Crippen LogP) is 17.4. The van der Waals surface area contributed by atoms with E-state index in [2.05, 4.69) is 68.1 Å². The van der Waals surface area contributed by atoms with Crippen molar-refractivity contribution in [3.63, 3.8) is 0 Å². The first-order valence-electron chi connectivity index (χ1n) is 37.2. The van der Waals surface area contributed by atoms with E-state index in [0.29, 0.717) is 68.5 Å². The van der Waals surface area contributed by atoms with E-state index in [9.17, 15) is 28.8 Å². The van der Waals surface area contributed by atoms with Crippen LogP contribution in [0.1, 0.15) is 298 Å². The first-order chi connectivity index (χ1) is 46.3. The Kier molecular flexibility index (Phi) is 61.9. The lowest BCUT2D eigenvalue weighted by Gasteiger charge is -2.17. The average molecular weight is 1350 g/mol. The number of Topliss-reactive ketones (excluding diaryl/α,β-unsaturated/α-hetero) is 6. The molecule has 0 bridgehead atoms. The third-order valence-electron chi connectivity index (χ3n) is 16.1. The van der Waals surface area contributed by atoms with Crippen molar-refractivity contribution in [1.82, 2.24) is 26.6 Å².